The highest BCUT2D eigenvalue weighted by molar-refractivity contribution is 5.93. The molecule has 1 atom stereocenters. The van der Waals surface area contributed by atoms with Crippen molar-refractivity contribution >= 4 is 28.4 Å². The normalized spacial score (nSPS) is 16.5. The first kappa shape index (κ1) is 21.1. The van der Waals surface area contributed by atoms with Crippen LogP contribution in [0.15, 0.2) is 48.5 Å². The van der Waals surface area contributed by atoms with E-state index in [0.717, 1.165) is 33.8 Å². The van der Waals surface area contributed by atoms with Gasteiger partial charge >= 0.3 is 0 Å². The van der Waals surface area contributed by atoms with E-state index in [2.05, 4.69) is 15.1 Å². The van der Waals surface area contributed by atoms with E-state index >= 15 is 0 Å². The molecule has 1 aliphatic rings. The molecule has 0 bridgehead atoms. The summed E-state index contributed by atoms with van der Waals surface area (Å²) in [6.07, 6.45) is 0. The first-order valence-corrected chi connectivity index (χ1v) is 10.9. The third kappa shape index (κ3) is 3.74. The minimum absolute atomic E-state index is 0.00244. The fraction of sp³-hybridized carbons (Fsp3) is 0.333. The summed E-state index contributed by atoms with van der Waals surface area (Å²) in [5.74, 6) is 2.21. The van der Waals surface area contributed by atoms with Gasteiger partial charge in [0.1, 0.15) is 12.4 Å². The van der Waals surface area contributed by atoms with E-state index in [4.69, 9.17) is 14.5 Å². The number of benzene rings is 2. The lowest BCUT2D eigenvalue weighted by molar-refractivity contribution is -0.137. The number of hydrogen-bond donors (Lipinski definition) is 0. The molecule has 0 radical (unpaired) electrons. The van der Waals surface area contributed by atoms with Crippen molar-refractivity contribution in [2.24, 2.45) is 0 Å². The number of aromatic nitrogens is 4. The highest BCUT2D eigenvalue weighted by Gasteiger charge is 2.30. The molecule has 0 spiro atoms. The first-order valence-electron chi connectivity index (χ1n) is 10.9. The molecule has 0 saturated carbocycles. The second-order valence-electron chi connectivity index (χ2n) is 8.16. The van der Waals surface area contributed by atoms with E-state index in [-0.39, 0.29) is 18.6 Å². The number of para-hydroxylation sites is 1. The van der Waals surface area contributed by atoms with E-state index in [1.54, 1.807) is 14.2 Å². The zero-order chi connectivity index (χ0) is 22.9. The Labute approximate surface area is 191 Å². The first-order chi connectivity index (χ1) is 16.1. The number of nitrogens with zero attached hydrogens (tertiary/aromatic N) is 6. The van der Waals surface area contributed by atoms with E-state index in [9.17, 15) is 4.79 Å². The van der Waals surface area contributed by atoms with Crippen molar-refractivity contribution < 1.29 is 14.3 Å². The van der Waals surface area contributed by atoms with Gasteiger partial charge in [0.2, 0.25) is 11.9 Å². The van der Waals surface area contributed by atoms with Gasteiger partial charge in [0, 0.05) is 43.7 Å². The van der Waals surface area contributed by atoms with Crippen LogP contribution in [-0.4, -0.2) is 76.9 Å². The maximum Gasteiger partial charge on any atom is 0.248 e. The van der Waals surface area contributed by atoms with Crippen LogP contribution >= 0.6 is 0 Å². The summed E-state index contributed by atoms with van der Waals surface area (Å²) in [6.45, 7) is 4.03. The van der Waals surface area contributed by atoms with Crippen molar-refractivity contribution in [3.8, 4) is 17.1 Å². The SMILES string of the molecule is COCC(=O)N1CCN(c2nc3ccccc3c3nnc(-c4cccc(OC)c4)n23)C[C@@H]1C. The minimum atomic E-state index is 0.00244. The lowest BCUT2D eigenvalue weighted by Gasteiger charge is -2.40. The Balaban J connectivity index is 1.63. The van der Waals surface area contributed by atoms with Gasteiger partial charge in [0.15, 0.2) is 11.5 Å². The average molecular weight is 447 g/mol. The molecule has 4 aromatic rings. The third-order valence-corrected chi connectivity index (χ3v) is 6.05. The number of piperazine rings is 1. The lowest BCUT2D eigenvalue weighted by atomic mass is 10.2. The van der Waals surface area contributed by atoms with Crippen molar-refractivity contribution in [1.29, 1.82) is 0 Å². The molecular weight excluding hydrogens is 420 g/mol. The summed E-state index contributed by atoms with van der Waals surface area (Å²) in [4.78, 5) is 21.5. The molecule has 0 unspecified atom stereocenters. The molecule has 2 aromatic carbocycles. The Morgan fingerprint density at radius 3 is 2.73 bits per heavy atom. The zero-order valence-electron chi connectivity index (χ0n) is 18.9. The molecule has 33 heavy (non-hydrogen) atoms. The second kappa shape index (κ2) is 8.67. The maximum atomic E-state index is 12.4. The van der Waals surface area contributed by atoms with Crippen LogP contribution in [-0.2, 0) is 9.53 Å². The van der Waals surface area contributed by atoms with Crippen molar-refractivity contribution in [3.05, 3.63) is 48.5 Å². The number of ether oxygens (including phenoxy) is 2. The largest absolute Gasteiger partial charge is 0.497 e. The summed E-state index contributed by atoms with van der Waals surface area (Å²) >= 11 is 0. The highest BCUT2D eigenvalue weighted by atomic mass is 16.5. The fourth-order valence-corrected chi connectivity index (χ4v) is 4.44. The van der Waals surface area contributed by atoms with Gasteiger partial charge < -0.3 is 19.3 Å². The number of rotatable bonds is 5. The highest BCUT2D eigenvalue weighted by Crippen LogP contribution is 2.30. The Morgan fingerprint density at radius 1 is 1.09 bits per heavy atom. The summed E-state index contributed by atoms with van der Waals surface area (Å²) in [5.41, 5.74) is 2.50. The monoisotopic (exact) mass is 446 g/mol. The second-order valence-corrected chi connectivity index (χ2v) is 8.16. The van der Waals surface area contributed by atoms with Gasteiger partial charge in [-0.25, -0.2) is 9.38 Å². The van der Waals surface area contributed by atoms with Crippen molar-refractivity contribution in [2.75, 3.05) is 45.4 Å². The van der Waals surface area contributed by atoms with Gasteiger partial charge in [-0.05, 0) is 31.2 Å². The third-order valence-electron chi connectivity index (χ3n) is 6.05. The molecule has 1 amide bonds. The Kier molecular flexibility index (Phi) is 5.55. The van der Waals surface area contributed by atoms with Crippen LogP contribution in [0.4, 0.5) is 5.95 Å². The van der Waals surface area contributed by atoms with Gasteiger partial charge in [-0.15, -0.1) is 10.2 Å². The molecule has 1 fully saturated rings. The van der Waals surface area contributed by atoms with E-state index in [1.165, 1.54) is 0 Å². The molecular formula is C24H26N6O3. The van der Waals surface area contributed by atoms with Crippen LogP contribution in [0, 0.1) is 0 Å². The number of amides is 1. The number of anilines is 1. The van der Waals surface area contributed by atoms with Gasteiger partial charge in [0.05, 0.1) is 12.6 Å². The zero-order valence-corrected chi connectivity index (χ0v) is 18.9. The lowest BCUT2D eigenvalue weighted by Crippen LogP contribution is -2.55. The molecule has 2 aromatic heterocycles. The van der Waals surface area contributed by atoms with Crippen molar-refractivity contribution in [2.45, 2.75) is 13.0 Å². The van der Waals surface area contributed by atoms with Gasteiger partial charge in [-0.1, -0.05) is 24.3 Å². The summed E-state index contributed by atoms with van der Waals surface area (Å²) in [7, 11) is 3.19. The predicted molar refractivity (Wildman–Crippen MR) is 126 cm³/mol. The molecule has 0 N–H and O–H groups in total. The molecule has 5 rings (SSSR count). The van der Waals surface area contributed by atoms with Gasteiger partial charge in [0.25, 0.3) is 0 Å². The molecule has 1 aliphatic heterocycles. The van der Waals surface area contributed by atoms with Crippen LogP contribution in [0.2, 0.25) is 0 Å². The summed E-state index contributed by atoms with van der Waals surface area (Å²) < 4.78 is 12.5. The molecule has 9 heteroatoms. The number of fused-ring (bicyclic) bond motifs is 3. The van der Waals surface area contributed by atoms with E-state index in [0.29, 0.717) is 25.5 Å². The molecule has 3 heterocycles. The molecule has 0 aliphatic carbocycles. The van der Waals surface area contributed by atoms with Crippen LogP contribution < -0.4 is 9.64 Å². The molecule has 1 saturated heterocycles. The number of methoxy groups -OCH3 is 2. The molecule has 170 valence electrons. The molecule has 9 nitrogen and oxygen atoms in total. The Hall–Kier alpha value is -3.72. The van der Waals surface area contributed by atoms with Crippen LogP contribution in [0.25, 0.3) is 27.9 Å². The summed E-state index contributed by atoms with van der Waals surface area (Å²) in [5, 5.41) is 10.0. The summed E-state index contributed by atoms with van der Waals surface area (Å²) in [6, 6.07) is 15.7. The average Bonchev–Trinajstić information content (AvgIpc) is 3.29. The van der Waals surface area contributed by atoms with Gasteiger partial charge in [-0.2, -0.15) is 0 Å². The Morgan fingerprint density at radius 2 is 1.94 bits per heavy atom. The quantitative estimate of drug-likeness (QED) is 0.466. The number of carbonyl (C=O) groups excluding carboxylic acids is 1. The Bertz CT molecular complexity index is 1320. The number of hydrogen-bond acceptors (Lipinski definition) is 7. The van der Waals surface area contributed by atoms with Crippen LogP contribution in [0.5, 0.6) is 5.75 Å². The smallest absolute Gasteiger partial charge is 0.248 e. The minimum Gasteiger partial charge on any atom is -0.497 e. The predicted octanol–water partition coefficient (Wildman–Crippen LogP) is 2.64. The fourth-order valence-electron chi connectivity index (χ4n) is 4.44. The topological polar surface area (TPSA) is 85.1 Å². The number of carbonyl (C=O) groups is 1. The van der Waals surface area contributed by atoms with E-state index < -0.39 is 0 Å². The van der Waals surface area contributed by atoms with Crippen molar-refractivity contribution in [1.82, 2.24) is 24.5 Å². The van der Waals surface area contributed by atoms with E-state index in [1.807, 2.05) is 64.8 Å². The van der Waals surface area contributed by atoms with Crippen LogP contribution in [0.1, 0.15) is 6.92 Å². The maximum absolute atomic E-state index is 12.4. The van der Waals surface area contributed by atoms with Gasteiger partial charge in [-0.3, -0.25) is 4.79 Å². The van der Waals surface area contributed by atoms with Crippen LogP contribution in [0.3, 0.4) is 0 Å². The standard InChI is InChI=1S/C24H26N6O3/c1-16-14-28(11-12-29(16)21(31)15-32-2)24-25-20-10-5-4-9-19(20)23-27-26-22(30(23)24)17-7-6-8-18(13-17)33-3/h4-10,13,16H,11-12,14-15H2,1-3H3/t16-/m0/s1. The van der Waals surface area contributed by atoms with Crippen molar-refractivity contribution in [3.63, 3.8) is 0 Å².